The van der Waals surface area contributed by atoms with E-state index in [4.69, 9.17) is 11.6 Å². The number of nitrogens with zero attached hydrogens (tertiary/aromatic N) is 1. The summed E-state index contributed by atoms with van der Waals surface area (Å²) in [7, 11) is 0. The summed E-state index contributed by atoms with van der Waals surface area (Å²) in [5.74, 6) is -0.713. The van der Waals surface area contributed by atoms with Gasteiger partial charge in [0.15, 0.2) is 0 Å². The van der Waals surface area contributed by atoms with E-state index in [-0.39, 0.29) is 5.75 Å². The molecule has 1 aliphatic rings. The van der Waals surface area contributed by atoms with E-state index >= 15 is 0 Å². The van der Waals surface area contributed by atoms with Crippen LogP contribution in [0.3, 0.4) is 0 Å². The molecule has 0 spiro atoms. The number of carbonyl (C=O) groups is 1. The van der Waals surface area contributed by atoms with E-state index in [0.717, 1.165) is 16.8 Å². The standard InChI is InChI=1S/C16H14ClNO3/c17-12-3-1-2-10(6-12)9-18-14-5-4-13(19)7-11(14)8-15(18)16(20)21/h1-7,15,19H,8-9H2,(H,20,21). The Morgan fingerprint density at radius 3 is 2.81 bits per heavy atom. The molecule has 1 atom stereocenters. The zero-order valence-electron chi connectivity index (χ0n) is 11.2. The van der Waals surface area contributed by atoms with Crippen molar-refractivity contribution in [3.63, 3.8) is 0 Å². The van der Waals surface area contributed by atoms with Crippen molar-refractivity contribution < 1.29 is 15.0 Å². The number of rotatable bonds is 3. The maximum atomic E-state index is 11.5. The van der Waals surface area contributed by atoms with Crippen LogP contribution in [0.1, 0.15) is 11.1 Å². The molecule has 1 unspecified atom stereocenters. The van der Waals surface area contributed by atoms with Crippen LogP contribution in [0, 0.1) is 0 Å². The van der Waals surface area contributed by atoms with Gasteiger partial charge >= 0.3 is 5.97 Å². The molecule has 4 nitrogen and oxygen atoms in total. The molecule has 5 heteroatoms. The largest absolute Gasteiger partial charge is 0.508 e. The predicted octanol–water partition coefficient (Wildman–Crippen LogP) is 3.06. The minimum Gasteiger partial charge on any atom is -0.508 e. The topological polar surface area (TPSA) is 60.8 Å². The number of phenols is 1. The lowest BCUT2D eigenvalue weighted by Gasteiger charge is -2.25. The zero-order valence-corrected chi connectivity index (χ0v) is 11.9. The number of halogens is 1. The van der Waals surface area contributed by atoms with E-state index < -0.39 is 12.0 Å². The normalized spacial score (nSPS) is 16.8. The maximum Gasteiger partial charge on any atom is 0.326 e. The van der Waals surface area contributed by atoms with Gasteiger partial charge in [0.05, 0.1) is 0 Å². The molecule has 21 heavy (non-hydrogen) atoms. The molecular formula is C16H14ClNO3. The SMILES string of the molecule is O=C(O)C1Cc2cc(O)ccc2N1Cc1cccc(Cl)c1. The summed E-state index contributed by atoms with van der Waals surface area (Å²) in [4.78, 5) is 13.3. The Hall–Kier alpha value is -2.20. The Bertz CT molecular complexity index is 702. The average Bonchev–Trinajstić information content (AvgIpc) is 2.77. The minimum atomic E-state index is -0.868. The molecule has 2 aromatic rings. The third-order valence-electron chi connectivity index (χ3n) is 3.69. The first-order valence-electron chi connectivity index (χ1n) is 6.60. The van der Waals surface area contributed by atoms with E-state index in [1.165, 1.54) is 0 Å². The molecule has 0 aromatic heterocycles. The van der Waals surface area contributed by atoms with Crippen molar-refractivity contribution in [2.75, 3.05) is 4.90 Å². The smallest absolute Gasteiger partial charge is 0.326 e. The van der Waals surface area contributed by atoms with E-state index in [2.05, 4.69) is 0 Å². The second-order valence-electron chi connectivity index (χ2n) is 5.13. The van der Waals surface area contributed by atoms with Gasteiger partial charge in [0.25, 0.3) is 0 Å². The van der Waals surface area contributed by atoms with Gasteiger partial charge in [0.2, 0.25) is 0 Å². The van der Waals surface area contributed by atoms with Gasteiger partial charge in [-0.2, -0.15) is 0 Å². The first-order valence-corrected chi connectivity index (χ1v) is 6.98. The fraction of sp³-hybridized carbons (Fsp3) is 0.188. The second kappa shape index (κ2) is 5.30. The molecule has 0 fully saturated rings. The number of aromatic hydroxyl groups is 1. The van der Waals surface area contributed by atoms with Gasteiger partial charge in [0.1, 0.15) is 11.8 Å². The van der Waals surface area contributed by atoms with Gasteiger partial charge in [-0.25, -0.2) is 4.79 Å². The number of aliphatic carboxylic acids is 1. The van der Waals surface area contributed by atoms with Crippen LogP contribution in [0.2, 0.25) is 5.02 Å². The summed E-state index contributed by atoms with van der Waals surface area (Å²) in [6.45, 7) is 0.468. The highest BCUT2D eigenvalue weighted by atomic mass is 35.5. The molecule has 1 heterocycles. The van der Waals surface area contributed by atoms with Gasteiger partial charge in [-0.05, 0) is 41.5 Å². The molecule has 1 aliphatic heterocycles. The molecule has 0 amide bonds. The van der Waals surface area contributed by atoms with E-state index in [1.54, 1.807) is 24.3 Å². The average molecular weight is 304 g/mol. The fourth-order valence-electron chi connectivity index (χ4n) is 2.75. The van der Waals surface area contributed by atoms with Crippen LogP contribution in [0.15, 0.2) is 42.5 Å². The lowest BCUT2D eigenvalue weighted by molar-refractivity contribution is -0.138. The quantitative estimate of drug-likeness (QED) is 0.915. The lowest BCUT2D eigenvalue weighted by Crippen LogP contribution is -2.38. The Balaban J connectivity index is 1.96. The van der Waals surface area contributed by atoms with Gasteiger partial charge < -0.3 is 15.1 Å². The highest BCUT2D eigenvalue weighted by molar-refractivity contribution is 6.30. The van der Waals surface area contributed by atoms with Crippen LogP contribution in [0.25, 0.3) is 0 Å². The van der Waals surface area contributed by atoms with Crippen LogP contribution in [-0.4, -0.2) is 22.2 Å². The summed E-state index contributed by atoms with van der Waals surface area (Å²) in [5, 5.41) is 19.6. The Morgan fingerprint density at radius 2 is 2.10 bits per heavy atom. The third-order valence-corrected chi connectivity index (χ3v) is 3.92. The first-order chi connectivity index (χ1) is 10.0. The molecule has 0 saturated heterocycles. The number of phenolic OH excluding ortho intramolecular Hbond substituents is 1. The van der Waals surface area contributed by atoms with Crippen LogP contribution in [0.5, 0.6) is 5.75 Å². The molecule has 2 aromatic carbocycles. The van der Waals surface area contributed by atoms with Crippen LogP contribution in [0.4, 0.5) is 5.69 Å². The number of fused-ring (bicyclic) bond motifs is 1. The van der Waals surface area contributed by atoms with E-state index in [9.17, 15) is 15.0 Å². The highest BCUT2D eigenvalue weighted by Crippen LogP contribution is 2.35. The van der Waals surface area contributed by atoms with Gasteiger partial charge in [0, 0.05) is 23.7 Å². The Kier molecular flexibility index (Phi) is 3.47. The van der Waals surface area contributed by atoms with Gasteiger partial charge in [-0.1, -0.05) is 23.7 Å². The highest BCUT2D eigenvalue weighted by Gasteiger charge is 2.34. The number of carboxylic acids is 1. The molecule has 0 bridgehead atoms. The van der Waals surface area contributed by atoms with E-state index in [1.807, 2.05) is 23.1 Å². The lowest BCUT2D eigenvalue weighted by atomic mass is 10.1. The summed E-state index contributed by atoms with van der Waals surface area (Å²) in [6, 6.07) is 11.7. The second-order valence-corrected chi connectivity index (χ2v) is 5.57. The van der Waals surface area contributed by atoms with Gasteiger partial charge in [-0.15, -0.1) is 0 Å². The molecule has 3 rings (SSSR count). The molecule has 2 N–H and O–H groups in total. The first kappa shape index (κ1) is 13.8. The fourth-order valence-corrected chi connectivity index (χ4v) is 2.96. The molecule has 108 valence electrons. The number of benzene rings is 2. The summed E-state index contributed by atoms with van der Waals surface area (Å²) in [5.41, 5.74) is 2.65. The Morgan fingerprint density at radius 1 is 1.29 bits per heavy atom. The van der Waals surface area contributed by atoms with E-state index in [0.29, 0.717) is 18.0 Å². The van der Waals surface area contributed by atoms with Crippen molar-refractivity contribution >= 4 is 23.3 Å². The van der Waals surface area contributed by atoms with Crippen molar-refractivity contribution in [2.45, 2.75) is 19.0 Å². The number of carboxylic acid groups (broad SMARTS) is 1. The molecule has 0 aliphatic carbocycles. The number of hydrogen-bond acceptors (Lipinski definition) is 3. The molecular weight excluding hydrogens is 290 g/mol. The van der Waals surface area contributed by atoms with Gasteiger partial charge in [-0.3, -0.25) is 0 Å². The zero-order chi connectivity index (χ0) is 15.0. The Labute approximate surface area is 127 Å². The predicted molar refractivity (Wildman–Crippen MR) is 80.9 cm³/mol. The third kappa shape index (κ3) is 2.67. The summed E-state index contributed by atoms with van der Waals surface area (Å²) in [6.07, 6.45) is 0.389. The van der Waals surface area contributed by atoms with Crippen molar-refractivity contribution in [2.24, 2.45) is 0 Å². The van der Waals surface area contributed by atoms with Crippen LogP contribution < -0.4 is 4.90 Å². The summed E-state index contributed by atoms with van der Waals surface area (Å²) < 4.78 is 0. The van der Waals surface area contributed by atoms with Crippen molar-refractivity contribution in [1.82, 2.24) is 0 Å². The maximum absolute atomic E-state index is 11.5. The summed E-state index contributed by atoms with van der Waals surface area (Å²) >= 11 is 5.98. The number of anilines is 1. The van der Waals surface area contributed by atoms with Crippen molar-refractivity contribution in [1.29, 1.82) is 0 Å². The molecule has 0 radical (unpaired) electrons. The number of hydrogen-bond donors (Lipinski definition) is 2. The van der Waals surface area contributed by atoms with Crippen molar-refractivity contribution in [3.05, 3.63) is 58.6 Å². The monoisotopic (exact) mass is 303 g/mol. The van der Waals surface area contributed by atoms with Crippen LogP contribution in [-0.2, 0) is 17.8 Å². The minimum absolute atomic E-state index is 0.155. The van der Waals surface area contributed by atoms with Crippen LogP contribution >= 0.6 is 11.6 Å². The van der Waals surface area contributed by atoms with Crippen molar-refractivity contribution in [3.8, 4) is 5.75 Å². The molecule has 0 saturated carbocycles.